The van der Waals surface area contributed by atoms with Crippen LogP contribution in [-0.2, 0) is 4.79 Å². The van der Waals surface area contributed by atoms with Crippen LogP contribution in [0.25, 0.3) is 0 Å². The summed E-state index contributed by atoms with van der Waals surface area (Å²) in [4.78, 5) is 29.3. The number of hydrogen-bond acceptors (Lipinski definition) is 5. The lowest BCUT2D eigenvalue weighted by molar-refractivity contribution is -0.135. The van der Waals surface area contributed by atoms with Gasteiger partial charge in [-0.15, -0.1) is 12.4 Å². The van der Waals surface area contributed by atoms with Crippen molar-refractivity contribution < 1.29 is 19.1 Å². The average Bonchev–Trinajstić information content (AvgIpc) is 3.29. The Morgan fingerprint density at radius 2 is 1.84 bits per heavy atom. The van der Waals surface area contributed by atoms with Crippen LogP contribution in [0.1, 0.15) is 23.2 Å². The zero-order valence-corrected chi connectivity index (χ0v) is 14.7. The minimum atomic E-state index is -0.346. The standard InChI is InChI=1S/C17H21N3O4.ClH/c21-16(12-3-4-14-15(10-12)24-11-23-14)20-7-1-2-13(20)17(22)19-8-5-18-6-9-19;/h3-4,10,13,18H,1-2,5-9,11H2;1H. The van der Waals surface area contributed by atoms with E-state index >= 15 is 0 Å². The molecule has 0 bridgehead atoms. The van der Waals surface area contributed by atoms with Crippen LogP contribution in [0, 0.1) is 0 Å². The number of nitrogens with zero attached hydrogens (tertiary/aromatic N) is 2. The number of nitrogens with one attached hydrogen (secondary N) is 1. The molecule has 1 unspecified atom stereocenters. The molecular formula is C17H22ClN3O4. The van der Waals surface area contributed by atoms with Gasteiger partial charge in [-0.25, -0.2) is 0 Å². The summed E-state index contributed by atoms with van der Waals surface area (Å²) in [5, 5.41) is 3.24. The van der Waals surface area contributed by atoms with Crippen LogP contribution >= 0.6 is 12.4 Å². The number of carbonyl (C=O) groups is 2. The lowest BCUT2D eigenvalue weighted by Gasteiger charge is -2.33. The number of piperazine rings is 1. The van der Waals surface area contributed by atoms with E-state index in [0.717, 1.165) is 25.9 Å². The molecule has 0 saturated carbocycles. The van der Waals surface area contributed by atoms with Crippen LogP contribution in [-0.4, -0.2) is 67.2 Å². The number of benzene rings is 1. The van der Waals surface area contributed by atoms with Gasteiger partial charge in [0, 0.05) is 38.3 Å². The fourth-order valence-electron chi connectivity index (χ4n) is 3.56. The number of amides is 2. The van der Waals surface area contributed by atoms with Gasteiger partial charge >= 0.3 is 0 Å². The molecule has 0 spiro atoms. The second-order valence-electron chi connectivity index (χ2n) is 6.30. The van der Waals surface area contributed by atoms with E-state index in [9.17, 15) is 9.59 Å². The summed E-state index contributed by atoms with van der Waals surface area (Å²) in [6.45, 7) is 3.85. The lowest BCUT2D eigenvalue weighted by Crippen LogP contribution is -2.53. The lowest BCUT2D eigenvalue weighted by atomic mass is 10.1. The monoisotopic (exact) mass is 367 g/mol. The first-order valence-electron chi connectivity index (χ1n) is 8.44. The second-order valence-corrected chi connectivity index (χ2v) is 6.30. The van der Waals surface area contributed by atoms with Crippen molar-refractivity contribution in [1.82, 2.24) is 15.1 Å². The van der Waals surface area contributed by atoms with E-state index in [4.69, 9.17) is 9.47 Å². The summed E-state index contributed by atoms with van der Waals surface area (Å²) in [6, 6.07) is 4.84. The van der Waals surface area contributed by atoms with Crippen LogP contribution in [0.15, 0.2) is 18.2 Å². The van der Waals surface area contributed by atoms with Gasteiger partial charge in [0.1, 0.15) is 6.04 Å². The minimum Gasteiger partial charge on any atom is -0.454 e. The zero-order chi connectivity index (χ0) is 16.5. The van der Waals surface area contributed by atoms with Crippen LogP contribution in [0.2, 0.25) is 0 Å². The number of fused-ring (bicyclic) bond motifs is 1. The van der Waals surface area contributed by atoms with Crippen molar-refractivity contribution in [1.29, 1.82) is 0 Å². The van der Waals surface area contributed by atoms with Crippen molar-refractivity contribution in [2.45, 2.75) is 18.9 Å². The van der Waals surface area contributed by atoms with Gasteiger partial charge in [-0.3, -0.25) is 9.59 Å². The molecule has 136 valence electrons. The topological polar surface area (TPSA) is 71.1 Å². The molecule has 3 aliphatic rings. The van der Waals surface area contributed by atoms with Crippen molar-refractivity contribution >= 4 is 24.2 Å². The van der Waals surface area contributed by atoms with Gasteiger partial charge in [0.25, 0.3) is 5.91 Å². The van der Waals surface area contributed by atoms with Gasteiger partial charge in [-0.1, -0.05) is 0 Å². The number of rotatable bonds is 2. The van der Waals surface area contributed by atoms with E-state index in [-0.39, 0.29) is 37.1 Å². The highest BCUT2D eigenvalue weighted by Gasteiger charge is 2.37. The zero-order valence-electron chi connectivity index (χ0n) is 13.9. The first-order chi connectivity index (χ1) is 11.7. The molecule has 7 nitrogen and oxygen atoms in total. The van der Waals surface area contributed by atoms with Gasteiger partial charge in [-0.05, 0) is 31.0 Å². The van der Waals surface area contributed by atoms with Crippen LogP contribution < -0.4 is 14.8 Å². The first kappa shape index (κ1) is 17.8. The third-order valence-electron chi connectivity index (χ3n) is 4.85. The van der Waals surface area contributed by atoms with Crippen molar-refractivity contribution in [3.05, 3.63) is 23.8 Å². The van der Waals surface area contributed by atoms with Crippen molar-refractivity contribution in [3.63, 3.8) is 0 Å². The third-order valence-corrected chi connectivity index (χ3v) is 4.85. The minimum absolute atomic E-state index is 0. The normalized spacial score (nSPS) is 21.8. The van der Waals surface area contributed by atoms with Crippen LogP contribution in [0.4, 0.5) is 0 Å². The molecule has 0 aromatic heterocycles. The number of hydrogen-bond donors (Lipinski definition) is 1. The summed E-state index contributed by atoms with van der Waals surface area (Å²) in [6.07, 6.45) is 1.60. The van der Waals surface area contributed by atoms with Gasteiger partial charge in [0.15, 0.2) is 11.5 Å². The Kier molecular flexibility index (Phi) is 5.34. The smallest absolute Gasteiger partial charge is 0.254 e. The molecule has 3 aliphatic heterocycles. The quantitative estimate of drug-likeness (QED) is 0.840. The van der Waals surface area contributed by atoms with Crippen LogP contribution in [0.3, 0.4) is 0 Å². The molecular weight excluding hydrogens is 346 g/mol. The number of carbonyl (C=O) groups excluding carboxylic acids is 2. The Labute approximate surface area is 152 Å². The maximum atomic E-state index is 12.9. The fourth-order valence-corrected chi connectivity index (χ4v) is 3.56. The predicted molar refractivity (Wildman–Crippen MR) is 93.3 cm³/mol. The molecule has 25 heavy (non-hydrogen) atoms. The van der Waals surface area contributed by atoms with Crippen LogP contribution in [0.5, 0.6) is 11.5 Å². The number of likely N-dealkylation sites (tertiary alicyclic amines) is 1. The summed E-state index contributed by atoms with van der Waals surface area (Å²) >= 11 is 0. The van der Waals surface area contributed by atoms with Crippen molar-refractivity contribution in [3.8, 4) is 11.5 Å². The van der Waals surface area contributed by atoms with Gasteiger partial charge in [0.2, 0.25) is 12.7 Å². The molecule has 1 aromatic carbocycles. The van der Waals surface area contributed by atoms with E-state index in [1.54, 1.807) is 23.1 Å². The Hall–Kier alpha value is -1.99. The second kappa shape index (κ2) is 7.49. The van der Waals surface area contributed by atoms with Gasteiger partial charge < -0.3 is 24.6 Å². The third kappa shape index (κ3) is 3.39. The maximum absolute atomic E-state index is 12.9. The fraction of sp³-hybridized carbons (Fsp3) is 0.529. The molecule has 1 N–H and O–H groups in total. The first-order valence-corrected chi connectivity index (χ1v) is 8.44. The summed E-state index contributed by atoms with van der Waals surface area (Å²) in [5.41, 5.74) is 0.541. The number of halogens is 1. The predicted octanol–water partition coefficient (Wildman–Crippen LogP) is 0.873. The molecule has 0 aliphatic carbocycles. The molecule has 8 heteroatoms. The summed E-state index contributed by atoms with van der Waals surface area (Å²) in [7, 11) is 0. The highest BCUT2D eigenvalue weighted by molar-refractivity contribution is 5.98. The Morgan fingerprint density at radius 3 is 2.64 bits per heavy atom. The van der Waals surface area contributed by atoms with Crippen molar-refractivity contribution in [2.75, 3.05) is 39.5 Å². The van der Waals surface area contributed by atoms with E-state index in [2.05, 4.69) is 5.32 Å². The average molecular weight is 368 g/mol. The van der Waals surface area contributed by atoms with E-state index < -0.39 is 0 Å². The summed E-state index contributed by atoms with van der Waals surface area (Å²) < 4.78 is 10.6. The molecule has 1 atom stereocenters. The van der Waals surface area contributed by atoms with Gasteiger partial charge in [-0.2, -0.15) is 0 Å². The summed E-state index contributed by atoms with van der Waals surface area (Å²) in [5.74, 6) is 1.20. The molecule has 2 saturated heterocycles. The highest BCUT2D eigenvalue weighted by atomic mass is 35.5. The largest absolute Gasteiger partial charge is 0.454 e. The highest BCUT2D eigenvalue weighted by Crippen LogP contribution is 2.33. The Bertz CT molecular complexity index is 663. The molecule has 3 heterocycles. The van der Waals surface area contributed by atoms with E-state index in [0.29, 0.717) is 36.7 Å². The molecule has 4 rings (SSSR count). The molecule has 1 aromatic rings. The Morgan fingerprint density at radius 1 is 1.08 bits per heavy atom. The maximum Gasteiger partial charge on any atom is 0.254 e. The van der Waals surface area contributed by atoms with E-state index in [1.807, 2.05) is 4.90 Å². The van der Waals surface area contributed by atoms with Gasteiger partial charge in [0.05, 0.1) is 0 Å². The molecule has 0 radical (unpaired) electrons. The Balaban J connectivity index is 0.00000182. The molecule has 2 fully saturated rings. The van der Waals surface area contributed by atoms with E-state index in [1.165, 1.54) is 0 Å². The van der Waals surface area contributed by atoms with Crippen molar-refractivity contribution in [2.24, 2.45) is 0 Å². The number of ether oxygens (including phenoxy) is 2. The molecule has 2 amide bonds. The SMILES string of the molecule is Cl.O=C(C1CCCN1C(=O)c1ccc2c(c1)OCO2)N1CCNCC1.